The van der Waals surface area contributed by atoms with Crippen LogP contribution in [-0.4, -0.2) is 0 Å². The first kappa shape index (κ1) is 13.9. The summed E-state index contributed by atoms with van der Waals surface area (Å²) in [6, 6.07) is 10.6. The third-order valence-electron chi connectivity index (χ3n) is 2.56. The van der Waals surface area contributed by atoms with Crippen molar-refractivity contribution in [2.45, 2.75) is 13.1 Å². The average Bonchev–Trinajstić information content (AvgIpc) is 2.33. The predicted molar refractivity (Wildman–Crippen MR) is 70.4 cm³/mol. The SMILES string of the molecule is Cc1cc(C(F)(F)F)ccc1Oc1ccccc1Br. The Hall–Kier alpha value is -1.49. The van der Waals surface area contributed by atoms with Crippen LogP contribution in [0.15, 0.2) is 46.9 Å². The van der Waals surface area contributed by atoms with Crippen molar-refractivity contribution in [3.05, 3.63) is 58.1 Å². The average molecular weight is 331 g/mol. The molecule has 0 aliphatic heterocycles. The van der Waals surface area contributed by atoms with Crippen molar-refractivity contribution >= 4 is 15.9 Å². The van der Waals surface area contributed by atoms with Crippen LogP contribution in [0, 0.1) is 6.92 Å². The summed E-state index contributed by atoms with van der Waals surface area (Å²) < 4.78 is 44.0. The van der Waals surface area contributed by atoms with Crippen LogP contribution < -0.4 is 4.74 Å². The van der Waals surface area contributed by atoms with Gasteiger partial charge in [-0.2, -0.15) is 13.2 Å². The van der Waals surface area contributed by atoms with E-state index in [9.17, 15) is 13.2 Å². The number of benzene rings is 2. The number of para-hydroxylation sites is 1. The standard InChI is InChI=1S/C14H10BrF3O/c1-9-8-10(14(16,17)18)6-7-12(9)19-13-5-3-2-4-11(13)15/h2-8H,1H3. The van der Waals surface area contributed by atoms with Gasteiger partial charge in [0.25, 0.3) is 0 Å². The minimum atomic E-state index is -4.34. The smallest absolute Gasteiger partial charge is 0.416 e. The van der Waals surface area contributed by atoms with Crippen LogP contribution in [-0.2, 0) is 6.18 Å². The Labute approximate surface area is 117 Å². The van der Waals surface area contributed by atoms with Gasteiger partial charge in [0, 0.05) is 0 Å². The second-order valence-corrected chi connectivity index (χ2v) is 4.86. The van der Waals surface area contributed by atoms with E-state index in [2.05, 4.69) is 15.9 Å². The minimum Gasteiger partial charge on any atom is -0.456 e. The van der Waals surface area contributed by atoms with E-state index < -0.39 is 11.7 Å². The van der Waals surface area contributed by atoms with E-state index in [-0.39, 0.29) is 0 Å². The number of hydrogen-bond acceptors (Lipinski definition) is 1. The number of hydrogen-bond donors (Lipinski definition) is 0. The first-order valence-corrected chi connectivity index (χ1v) is 6.27. The Morgan fingerprint density at radius 2 is 1.68 bits per heavy atom. The second-order valence-electron chi connectivity index (χ2n) is 4.01. The summed E-state index contributed by atoms with van der Waals surface area (Å²) in [6.45, 7) is 1.58. The van der Waals surface area contributed by atoms with Gasteiger partial charge in [-0.15, -0.1) is 0 Å². The summed E-state index contributed by atoms with van der Waals surface area (Å²) in [4.78, 5) is 0. The molecule has 0 bridgehead atoms. The zero-order valence-corrected chi connectivity index (χ0v) is 11.5. The number of ether oxygens (including phenoxy) is 1. The molecular formula is C14H10BrF3O. The highest BCUT2D eigenvalue weighted by molar-refractivity contribution is 9.10. The fourth-order valence-electron chi connectivity index (χ4n) is 1.59. The molecule has 0 aliphatic rings. The molecule has 0 unspecified atom stereocenters. The highest BCUT2D eigenvalue weighted by Crippen LogP contribution is 2.35. The molecule has 2 aromatic rings. The van der Waals surface area contributed by atoms with Crippen LogP contribution in [0.3, 0.4) is 0 Å². The summed E-state index contributed by atoms with van der Waals surface area (Å²) in [6.07, 6.45) is -4.34. The maximum absolute atomic E-state index is 12.5. The van der Waals surface area contributed by atoms with Crippen LogP contribution >= 0.6 is 15.9 Å². The highest BCUT2D eigenvalue weighted by Gasteiger charge is 2.30. The van der Waals surface area contributed by atoms with E-state index in [4.69, 9.17) is 4.74 Å². The van der Waals surface area contributed by atoms with Gasteiger partial charge in [0.2, 0.25) is 0 Å². The minimum absolute atomic E-state index is 0.403. The van der Waals surface area contributed by atoms with E-state index >= 15 is 0 Å². The molecule has 0 N–H and O–H groups in total. The van der Waals surface area contributed by atoms with Gasteiger partial charge in [-0.05, 0) is 58.7 Å². The molecule has 0 heterocycles. The molecular weight excluding hydrogens is 321 g/mol. The van der Waals surface area contributed by atoms with E-state index in [0.29, 0.717) is 17.1 Å². The van der Waals surface area contributed by atoms with Gasteiger partial charge < -0.3 is 4.74 Å². The van der Waals surface area contributed by atoms with Gasteiger partial charge in [0.15, 0.2) is 0 Å². The lowest BCUT2D eigenvalue weighted by atomic mass is 10.1. The monoisotopic (exact) mass is 330 g/mol. The van der Waals surface area contributed by atoms with Crippen molar-refractivity contribution in [3.8, 4) is 11.5 Å². The molecule has 19 heavy (non-hydrogen) atoms. The van der Waals surface area contributed by atoms with E-state index in [0.717, 1.165) is 16.6 Å². The van der Waals surface area contributed by atoms with E-state index in [1.807, 2.05) is 6.07 Å². The fourth-order valence-corrected chi connectivity index (χ4v) is 1.95. The summed E-state index contributed by atoms with van der Waals surface area (Å²) in [5, 5.41) is 0. The van der Waals surface area contributed by atoms with Crippen molar-refractivity contribution in [3.63, 3.8) is 0 Å². The van der Waals surface area contributed by atoms with E-state index in [1.165, 1.54) is 6.07 Å². The Balaban J connectivity index is 2.30. The topological polar surface area (TPSA) is 9.23 Å². The first-order chi connectivity index (χ1) is 8.88. The summed E-state index contributed by atoms with van der Waals surface area (Å²) in [5.41, 5.74) is -0.241. The van der Waals surface area contributed by atoms with Gasteiger partial charge >= 0.3 is 6.18 Å². The molecule has 0 aliphatic carbocycles. The number of alkyl halides is 3. The molecule has 0 saturated carbocycles. The normalized spacial score (nSPS) is 11.4. The number of rotatable bonds is 2. The number of halogens is 4. The Bertz CT molecular complexity index is 593. The van der Waals surface area contributed by atoms with Crippen molar-refractivity contribution in [1.82, 2.24) is 0 Å². The Kier molecular flexibility index (Phi) is 3.85. The Morgan fingerprint density at radius 3 is 2.26 bits per heavy atom. The van der Waals surface area contributed by atoms with Gasteiger partial charge in [-0.25, -0.2) is 0 Å². The van der Waals surface area contributed by atoms with Gasteiger partial charge in [0.05, 0.1) is 10.0 Å². The molecule has 0 saturated heterocycles. The zero-order chi connectivity index (χ0) is 14.0. The number of aryl methyl sites for hydroxylation is 1. The van der Waals surface area contributed by atoms with Crippen molar-refractivity contribution in [2.24, 2.45) is 0 Å². The molecule has 0 atom stereocenters. The molecule has 0 radical (unpaired) electrons. The van der Waals surface area contributed by atoms with Crippen LogP contribution in [0.25, 0.3) is 0 Å². The molecule has 0 amide bonds. The van der Waals surface area contributed by atoms with Crippen LogP contribution in [0.1, 0.15) is 11.1 Å². The molecule has 0 fully saturated rings. The molecule has 5 heteroatoms. The van der Waals surface area contributed by atoms with Crippen molar-refractivity contribution in [2.75, 3.05) is 0 Å². The summed E-state index contributed by atoms with van der Waals surface area (Å²) in [7, 11) is 0. The van der Waals surface area contributed by atoms with Crippen molar-refractivity contribution < 1.29 is 17.9 Å². The van der Waals surface area contributed by atoms with Crippen LogP contribution in [0.4, 0.5) is 13.2 Å². The Morgan fingerprint density at radius 1 is 1.00 bits per heavy atom. The fraction of sp³-hybridized carbons (Fsp3) is 0.143. The lowest BCUT2D eigenvalue weighted by molar-refractivity contribution is -0.137. The third-order valence-corrected chi connectivity index (χ3v) is 3.21. The van der Waals surface area contributed by atoms with Crippen molar-refractivity contribution in [1.29, 1.82) is 0 Å². The molecule has 2 rings (SSSR count). The van der Waals surface area contributed by atoms with E-state index in [1.54, 1.807) is 25.1 Å². The second kappa shape index (κ2) is 5.25. The van der Waals surface area contributed by atoms with Crippen LogP contribution in [0.5, 0.6) is 11.5 Å². The molecule has 2 aromatic carbocycles. The quantitative estimate of drug-likeness (QED) is 0.699. The molecule has 0 spiro atoms. The maximum Gasteiger partial charge on any atom is 0.416 e. The summed E-state index contributed by atoms with van der Waals surface area (Å²) >= 11 is 3.32. The largest absolute Gasteiger partial charge is 0.456 e. The summed E-state index contributed by atoms with van der Waals surface area (Å²) in [5.74, 6) is 0.963. The lowest BCUT2D eigenvalue weighted by Gasteiger charge is -2.12. The van der Waals surface area contributed by atoms with Gasteiger partial charge in [0.1, 0.15) is 11.5 Å². The zero-order valence-electron chi connectivity index (χ0n) is 9.96. The molecule has 0 aromatic heterocycles. The highest BCUT2D eigenvalue weighted by atomic mass is 79.9. The first-order valence-electron chi connectivity index (χ1n) is 5.48. The maximum atomic E-state index is 12.5. The predicted octanol–water partition coefficient (Wildman–Crippen LogP) is 5.57. The van der Waals surface area contributed by atoms with Crippen LogP contribution in [0.2, 0.25) is 0 Å². The van der Waals surface area contributed by atoms with Gasteiger partial charge in [-0.1, -0.05) is 12.1 Å². The van der Waals surface area contributed by atoms with Gasteiger partial charge in [-0.3, -0.25) is 0 Å². The lowest BCUT2D eigenvalue weighted by Crippen LogP contribution is -2.05. The molecule has 100 valence electrons. The molecule has 1 nitrogen and oxygen atoms in total. The third kappa shape index (κ3) is 3.29.